The molecule has 5 heteroatoms. The first-order valence-electron chi connectivity index (χ1n) is 5.61. The lowest BCUT2D eigenvalue weighted by Crippen LogP contribution is -2.16. The van der Waals surface area contributed by atoms with Gasteiger partial charge in [-0.05, 0) is 25.1 Å². The molecule has 0 radical (unpaired) electrons. The monoisotopic (exact) mass is 268 g/mol. The van der Waals surface area contributed by atoms with Crippen LogP contribution in [0.4, 0.5) is 0 Å². The van der Waals surface area contributed by atoms with Crippen LogP contribution >= 0.6 is 11.3 Å². The molecule has 0 spiro atoms. The largest absolute Gasteiger partial charge is 0.310 e. The lowest BCUT2D eigenvalue weighted by Gasteiger charge is -2.00. The van der Waals surface area contributed by atoms with E-state index in [4.69, 9.17) is 0 Å². The third-order valence-corrected chi connectivity index (χ3v) is 4.30. The smallest absolute Gasteiger partial charge is 0.108 e. The van der Waals surface area contributed by atoms with Gasteiger partial charge in [0.25, 0.3) is 0 Å². The van der Waals surface area contributed by atoms with Crippen LogP contribution in [-0.4, -0.2) is 27.7 Å². The van der Waals surface area contributed by atoms with Crippen LogP contribution in [0.3, 0.4) is 0 Å². The van der Waals surface area contributed by atoms with Gasteiger partial charge in [0.15, 0.2) is 0 Å². The lowest BCUT2D eigenvalue weighted by atomic mass is 10.3. The van der Waals surface area contributed by atoms with E-state index in [0.29, 0.717) is 0 Å². The van der Waals surface area contributed by atoms with Crippen molar-refractivity contribution in [2.75, 3.05) is 18.6 Å². The zero-order chi connectivity index (χ0) is 12.1. The van der Waals surface area contributed by atoms with Crippen molar-refractivity contribution in [1.29, 1.82) is 0 Å². The Balaban J connectivity index is 1.81. The minimum Gasteiger partial charge on any atom is -0.310 e. The van der Waals surface area contributed by atoms with Crippen LogP contribution in [0.2, 0.25) is 0 Å². The number of thiazole rings is 1. The maximum Gasteiger partial charge on any atom is 0.108 e. The van der Waals surface area contributed by atoms with E-state index in [1.165, 1.54) is 4.70 Å². The normalized spacial score (nSPS) is 13.0. The second-order valence-corrected chi connectivity index (χ2v) is 6.55. The molecule has 92 valence electrons. The molecule has 0 aliphatic carbocycles. The average Bonchev–Trinajstić information content (AvgIpc) is 2.70. The van der Waals surface area contributed by atoms with Gasteiger partial charge in [0, 0.05) is 29.4 Å². The molecule has 17 heavy (non-hydrogen) atoms. The second kappa shape index (κ2) is 6.23. The van der Waals surface area contributed by atoms with Gasteiger partial charge in [0.1, 0.15) is 5.01 Å². The van der Waals surface area contributed by atoms with Crippen LogP contribution in [0.1, 0.15) is 11.4 Å². The highest BCUT2D eigenvalue weighted by atomic mass is 32.2. The number of fused-ring (bicyclic) bond motifs is 1. The number of nitrogens with zero attached hydrogens (tertiary/aromatic N) is 1. The summed E-state index contributed by atoms with van der Waals surface area (Å²) in [5.41, 5.74) is 1.07. The summed E-state index contributed by atoms with van der Waals surface area (Å²) < 4.78 is 12.1. The highest BCUT2D eigenvalue weighted by Gasteiger charge is 2.02. The van der Waals surface area contributed by atoms with Gasteiger partial charge in [-0.25, -0.2) is 4.98 Å². The van der Waals surface area contributed by atoms with Crippen LogP contribution < -0.4 is 5.32 Å². The summed E-state index contributed by atoms with van der Waals surface area (Å²) in [4.78, 5) is 4.54. The first-order valence-corrected chi connectivity index (χ1v) is 8.15. The summed E-state index contributed by atoms with van der Waals surface area (Å²) in [6.07, 6.45) is 2.70. The van der Waals surface area contributed by atoms with Crippen molar-refractivity contribution in [3.05, 3.63) is 29.3 Å². The first kappa shape index (κ1) is 12.7. The molecule has 0 bridgehead atoms. The fourth-order valence-corrected chi connectivity index (χ4v) is 3.08. The zero-order valence-electron chi connectivity index (χ0n) is 9.81. The molecule has 0 aliphatic rings. The Bertz CT molecular complexity index is 477. The molecule has 0 fully saturated rings. The van der Waals surface area contributed by atoms with Gasteiger partial charge < -0.3 is 5.32 Å². The van der Waals surface area contributed by atoms with Gasteiger partial charge in [-0.2, -0.15) is 0 Å². The minimum absolute atomic E-state index is 0.679. The van der Waals surface area contributed by atoms with E-state index in [-0.39, 0.29) is 0 Å². The van der Waals surface area contributed by atoms with E-state index in [1.807, 2.05) is 18.2 Å². The van der Waals surface area contributed by atoms with E-state index in [0.717, 1.165) is 35.8 Å². The molecule has 2 rings (SSSR count). The Hall–Kier alpha value is -0.780. The minimum atomic E-state index is -0.679. The molecular weight excluding hydrogens is 252 g/mol. The standard InChI is InChI=1S/C12H16N2OS2/c1-17(15)8-4-7-13-9-12-14-10-5-2-3-6-11(10)16-12/h2-3,5-6,13H,4,7-9H2,1H3. The predicted octanol–water partition coefficient (Wildman–Crippen LogP) is 2.15. The van der Waals surface area contributed by atoms with Crippen molar-refractivity contribution < 1.29 is 4.21 Å². The van der Waals surface area contributed by atoms with Crippen LogP contribution in [0.5, 0.6) is 0 Å². The first-order chi connectivity index (χ1) is 8.25. The highest BCUT2D eigenvalue weighted by molar-refractivity contribution is 7.84. The number of benzene rings is 1. The highest BCUT2D eigenvalue weighted by Crippen LogP contribution is 2.21. The molecule has 0 saturated heterocycles. The number of para-hydroxylation sites is 1. The van der Waals surface area contributed by atoms with Gasteiger partial charge in [-0.3, -0.25) is 4.21 Å². The molecule has 1 atom stereocenters. The molecule has 1 aromatic heterocycles. The van der Waals surface area contributed by atoms with Crippen LogP contribution in [0.15, 0.2) is 24.3 Å². The Morgan fingerprint density at radius 2 is 2.24 bits per heavy atom. The van der Waals surface area contributed by atoms with Gasteiger partial charge in [0.2, 0.25) is 0 Å². The van der Waals surface area contributed by atoms with Crippen LogP contribution in [0, 0.1) is 0 Å². The maximum absolute atomic E-state index is 10.9. The average molecular weight is 268 g/mol. The molecule has 1 aromatic carbocycles. The van der Waals surface area contributed by atoms with Gasteiger partial charge in [0.05, 0.1) is 10.2 Å². The quantitative estimate of drug-likeness (QED) is 0.816. The Labute approximate surface area is 108 Å². The zero-order valence-corrected chi connectivity index (χ0v) is 11.4. The van der Waals surface area contributed by atoms with Crippen molar-refractivity contribution in [1.82, 2.24) is 10.3 Å². The topological polar surface area (TPSA) is 42.0 Å². The Morgan fingerprint density at radius 1 is 1.41 bits per heavy atom. The van der Waals surface area contributed by atoms with Crippen molar-refractivity contribution in [2.24, 2.45) is 0 Å². The van der Waals surface area contributed by atoms with E-state index in [1.54, 1.807) is 17.6 Å². The van der Waals surface area contributed by atoms with Crippen LogP contribution in [0.25, 0.3) is 10.2 Å². The molecule has 0 aliphatic heterocycles. The summed E-state index contributed by atoms with van der Waals surface area (Å²) in [5, 5.41) is 4.45. The second-order valence-electron chi connectivity index (χ2n) is 3.88. The Kier molecular flexibility index (Phi) is 4.65. The van der Waals surface area contributed by atoms with Crippen molar-refractivity contribution >= 4 is 32.4 Å². The number of nitrogens with one attached hydrogen (secondary N) is 1. The molecule has 0 amide bonds. The summed E-state index contributed by atoms with van der Waals surface area (Å²) in [5.74, 6) is 0.771. The molecule has 1 unspecified atom stereocenters. The Morgan fingerprint density at radius 3 is 3.00 bits per heavy atom. The number of rotatable bonds is 6. The van der Waals surface area contributed by atoms with Crippen molar-refractivity contribution in [2.45, 2.75) is 13.0 Å². The molecule has 3 nitrogen and oxygen atoms in total. The van der Waals surface area contributed by atoms with Crippen molar-refractivity contribution in [3.63, 3.8) is 0 Å². The number of hydrogen-bond acceptors (Lipinski definition) is 4. The summed E-state index contributed by atoms with van der Waals surface area (Å²) in [6.45, 7) is 1.70. The fourth-order valence-electron chi connectivity index (χ4n) is 1.59. The predicted molar refractivity (Wildman–Crippen MR) is 74.9 cm³/mol. The van der Waals surface area contributed by atoms with E-state index in [2.05, 4.69) is 16.4 Å². The van der Waals surface area contributed by atoms with Gasteiger partial charge in [-0.15, -0.1) is 11.3 Å². The van der Waals surface area contributed by atoms with E-state index < -0.39 is 10.8 Å². The van der Waals surface area contributed by atoms with Crippen molar-refractivity contribution in [3.8, 4) is 0 Å². The third kappa shape index (κ3) is 3.87. The third-order valence-electron chi connectivity index (χ3n) is 2.40. The summed E-state index contributed by atoms with van der Waals surface area (Å²) >= 11 is 1.73. The fraction of sp³-hybridized carbons (Fsp3) is 0.417. The summed E-state index contributed by atoms with van der Waals surface area (Å²) in [7, 11) is -0.679. The summed E-state index contributed by atoms with van der Waals surface area (Å²) in [6, 6.07) is 8.18. The SMILES string of the molecule is CS(=O)CCCNCc1nc2ccccc2s1. The molecule has 0 saturated carbocycles. The van der Waals surface area contributed by atoms with Gasteiger partial charge >= 0.3 is 0 Å². The number of aromatic nitrogens is 1. The van der Waals surface area contributed by atoms with Crippen LogP contribution in [-0.2, 0) is 17.3 Å². The number of hydrogen-bond donors (Lipinski definition) is 1. The lowest BCUT2D eigenvalue weighted by molar-refractivity contribution is 0.661. The van der Waals surface area contributed by atoms with E-state index >= 15 is 0 Å². The van der Waals surface area contributed by atoms with Gasteiger partial charge in [-0.1, -0.05) is 12.1 Å². The molecule has 2 aromatic rings. The molecule has 1 N–H and O–H groups in total. The maximum atomic E-state index is 10.9. The van der Waals surface area contributed by atoms with E-state index in [9.17, 15) is 4.21 Å². The molecule has 1 heterocycles. The molecular formula is C12H16N2OS2.